The van der Waals surface area contributed by atoms with Crippen molar-refractivity contribution >= 4 is 22.8 Å². The summed E-state index contributed by atoms with van der Waals surface area (Å²) in [5.41, 5.74) is 3.41. The fourth-order valence-electron chi connectivity index (χ4n) is 3.68. The van der Waals surface area contributed by atoms with E-state index in [1.54, 1.807) is 19.0 Å². The maximum atomic E-state index is 12.1. The van der Waals surface area contributed by atoms with Crippen LogP contribution in [0.4, 0.5) is 0 Å². The van der Waals surface area contributed by atoms with Gasteiger partial charge in [0.15, 0.2) is 5.96 Å². The Bertz CT molecular complexity index is 1040. The zero-order valence-corrected chi connectivity index (χ0v) is 18.0. The molecule has 162 valence electrons. The van der Waals surface area contributed by atoms with Gasteiger partial charge in [0.2, 0.25) is 5.91 Å². The number of rotatable bonds is 6. The van der Waals surface area contributed by atoms with Crippen LogP contribution in [-0.2, 0) is 11.2 Å². The number of para-hydroxylation sites is 2. The largest absolute Gasteiger partial charge is 0.493 e. The van der Waals surface area contributed by atoms with Gasteiger partial charge in [-0.1, -0.05) is 36.4 Å². The molecule has 1 unspecified atom stereocenters. The number of benzene rings is 2. The van der Waals surface area contributed by atoms with Crippen molar-refractivity contribution in [2.45, 2.75) is 18.9 Å². The normalized spacial score (nSPS) is 15.8. The summed E-state index contributed by atoms with van der Waals surface area (Å²) in [5, 5.41) is 8.10. The van der Waals surface area contributed by atoms with E-state index in [-0.39, 0.29) is 18.5 Å². The molecular weight excluding hydrogens is 390 g/mol. The number of carbonyl (C=O) groups excluding carboxylic acids is 1. The Kier molecular flexibility index (Phi) is 6.40. The number of nitrogens with zero attached hydrogens (tertiary/aromatic N) is 2. The number of likely N-dealkylation sites (N-methyl/N-ethyl adjacent to an activating group) is 1. The molecule has 2 heterocycles. The Morgan fingerprint density at radius 1 is 1.19 bits per heavy atom. The van der Waals surface area contributed by atoms with E-state index < -0.39 is 0 Å². The lowest BCUT2D eigenvalue weighted by molar-refractivity contribution is -0.127. The molecule has 1 aliphatic heterocycles. The van der Waals surface area contributed by atoms with Crippen molar-refractivity contribution < 1.29 is 9.53 Å². The first kappa shape index (κ1) is 20.8. The molecule has 0 spiro atoms. The van der Waals surface area contributed by atoms with Crippen molar-refractivity contribution in [1.82, 2.24) is 20.5 Å². The molecule has 1 amide bonds. The molecule has 2 aromatic carbocycles. The van der Waals surface area contributed by atoms with E-state index in [2.05, 4.69) is 44.9 Å². The van der Waals surface area contributed by atoms with E-state index >= 15 is 0 Å². The van der Waals surface area contributed by atoms with Crippen molar-refractivity contribution in [2.75, 3.05) is 33.8 Å². The maximum absolute atomic E-state index is 12.1. The molecule has 0 radical (unpaired) electrons. The zero-order chi connectivity index (χ0) is 21.6. The van der Waals surface area contributed by atoms with Crippen LogP contribution in [0, 0.1) is 0 Å². The summed E-state index contributed by atoms with van der Waals surface area (Å²) in [7, 11) is 3.48. The van der Waals surface area contributed by atoms with E-state index in [4.69, 9.17) is 4.74 Å². The Labute approximate surface area is 182 Å². The van der Waals surface area contributed by atoms with Crippen LogP contribution in [0.25, 0.3) is 10.9 Å². The van der Waals surface area contributed by atoms with Crippen LogP contribution in [0.2, 0.25) is 0 Å². The van der Waals surface area contributed by atoms with E-state index in [9.17, 15) is 4.79 Å². The second-order valence-electron chi connectivity index (χ2n) is 7.88. The zero-order valence-electron chi connectivity index (χ0n) is 18.0. The molecule has 0 saturated carbocycles. The molecule has 3 aromatic rings. The molecule has 1 aliphatic rings. The number of aromatic amines is 1. The Morgan fingerprint density at radius 2 is 2.00 bits per heavy atom. The Hall–Kier alpha value is -3.48. The van der Waals surface area contributed by atoms with Gasteiger partial charge in [0.05, 0.1) is 12.6 Å². The predicted molar refractivity (Wildman–Crippen MR) is 123 cm³/mol. The second kappa shape index (κ2) is 9.55. The summed E-state index contributed by atoms with van der Waals surface area (Å²) in [6, 6.07) is 18.6. The van der Waals surface area contributed by atoms with Gasteiger partial charge in [0.25, 0.3) is 0 Å². The van der Waals surface area contributed by atoms with Gasteiger partial charge in [-0.3, -0.25) is 4.79 Å². The first-order chi connectivity index (χ1) is 15.1. The SMILES string of the molecule is CN(C)C(=O)CN=C(NCCc1cc2ccccc2[nH]1)NC1CCOc2ccccc21. The molecule has 7 nitrogen and oxygen atoms in total. The van der Waals surface area contributed by atoms with Crippen molar-refractivity contribution in [3.05, 3.63) is 65.9 Å². The highest BCUT2D eigenvalue weighted by atomic mass is 16.5. The second-order valence-corrected chi connectivity index (χ2v) is 7.88. The predicted octanol–water partition coefficient (Wildman–Crippen LogP) is 2.86. The molecule has 0 bridgehead atoms. The van der Waals surface area contributed by atoms with Crippen LogP contribution < -0.4 is 15.4 Å². The summed E-state index contributed by atoms with van der Waals surface area (Å²) in [6.07, 6.45) is 1.66. The molecule has 4 rings (SSSR count). The highest BCUT2D eigenvalue weighted by molar-refractivity contribution is 5.85. The topological polar surface area (TPSA) is 81.8 Å². The average molecular weight is 420 g/mol. The van der Waals surface area contributed by atoms with Gasteiger partial charge in [-0.05, 0) is 23.6 Å². The highest BCUT2D eigenvalue weighted by Crippen LogP contribution is 2.31. The van der Waals surface area contributed by atoms with Crippen molar-refractivity contribution in [1.29, 1.82) is 0 Å². The number of carbonyl (C=O) groups is 1. The smallest absolute Gasteiger partial charge is 0.243 e. The average Bonchev–Trinajstić information content (AvgIpc) is 3.20. The summed E-state index contributed by atoms with van der Waals surface area (Å²) in [4.78, 5) is 21.6. The minimum Gasteiger partial charge on any atom is -0.493 e. The molecule has 0 saturated heterocycles. The number of aromatic nitrogens is 1. The van der Waals surface area contributed by atoms with E-state index in [1.165, 1.54) is 5.39 Å². The van der Waals surface area contributed by atoms with Gasteiger partial charge >= 0.3 is 0 Å². The molecule has 1 atom stereocenters. The number of fused-ring (bicyclic) bond motifs is 2. The lowest BCUT2D eigenvalue weighted by atomic mass is 10.0. The van der Waals surface area contributed by atoms with Gasteiger partial charge < -0.3 is 25.3 Å². The minimum absolute atomic E-state index is 0.0379. The molecule has 0 fully saturated rings. The number of nitrogens with one attached hydrogen (secondary N) is 3. The van der Waals surface area contributed by atoms with Crippen molar-refractivity contribution in [2.24, 2.45) is 4.99 Å². The van der Waals surface area contributed by atoms with Gasteiger partial charge in [-0.25, -0.2) is 4.99 Å². The maximum Gasteiger partial charge on any atom is 0.243 e. The van der Waals surface area contributed by atoms with E-state index in [0.29, 0.717) is 19.1 Å². The third-order valence-corrected chi connectivity index (χ3v) is 5.41. The Morgan fingerprint density at radius 3 is 2.84 bits per heavy atom. The Balaban J connectivity index is 1.44. The molecular formula is C24H29N5O2. The van der Waals surface area contributed by atoms with Gasteiger partial charge in [-0.15, -0.1) is 0 Å². The number of hydrogen-bond acceptors (Lipinski definition) is 3. The lowest BCUT2D eigenvalue weighted by Gasteiger charge is -2.28. The number of H-pyrrole nitrogens is 1. The van der Waals surface area contributed by atoms with Gasteiger partial charge in [0, 0.05) is 50.3 Å². The third kappa shape index (κ3) is 5.17. The highest BCUT2D eigenvalue weighted by Gasteiger charge is 2.22. The standard InChI is InChI=1S/C24H29N5O2/c1-29(2)23(30)16-26-24(28-21-12-14-31-22-10-6-4-8-19(21)22)25-13-11-18-15-17-7-3-5-9-20(17)27-18/h3-10,15,21,27H,11-14,16H2,1-2H3,(H2,25,26,28). The van der Waals surface area contributed by atoms with Crippen LogP contribution in [-0.4, -0.2) is 55.5 Å². The van der Waals surface area contributed by atoms with Crippen LogP contribution in [0.5, 0.6) is 5.75 Å². The third-order valence-electron chi connectivity index (χ3n) is 5.41. The summed E-state index contributed by atoms with van der Waals surface area (Å²) in [6.45, 7) is 1.44. The molecule has 7 heteroatoms. The van der Waals surface area contributed by atoms with Crippen LogP contribution in [0.1, 0.15) is 23.7 Å². The number of ether oxygens (including phenoxy) is 1. The van der Waals surface area contributed by atoms with Crippen LogP contribution in [0.15, 0.2) is 59.6 Å². The molecule has 1 aromatic heterocycles. The van der Waals surface area contributed by atoms with Gasteiger partial charge in [-0.2, -0.15) is 0 Å². The summed E-state index contributed by atoms with van der Waals surface area (Å²) in [5.74, 6) is 1.49. The van der Waals surface area contributed by atoms with Crippen molar-refractivity contribution in [3.63, 3.8) is 0 Å². The van der Waals surface area contributed by atoms with E-state index in [1.807, 2.05) is 30.3 Å². The van der Waals surface area contributed by atoms with Crippen LogP contribution >= 0.6 is 0 Å². The first-order valence-corrected chi connectivity index (χ1v) is 10.6. The lowest BCUT2D eigenvalue weighted by Crippen LogP contribution is -2.42. The number of aliphatic imine (C=N–C) groups is 1. The number of hydrogen-bond donors (Lipinski definition) is 3. The number of guanidine groups is 1. The quantitative estimate of drug-likeness (QED) is 0.424. The van der Waals surface area contributed by atoms with E-state index in [0.717, 1.165) is 35.4 Å². The van der Waals surface area contributed by atoms with Crippen molar-refractivity contribution in [3.8, 4) is 5.75 Å². The fourth-order valence-corrected chi connectivity index (χ4v) is 3.68. The van der Waals surface area contributed by atoms with Crippen LogP contribution in [0.3, 0.4) is 0 Å². The monoisotopic (exact) mass is 419 g/mol. The molecule has 3 N–H and O–H groups in total. The first-order valence-electron chi connectivity index (χ1n) is 10.6. The minimum atomic E-state index is -0.0379. The molecule has 0 aliphatic carbocycles. The van der Waals surface area contributed by atoms with Gasteiger partial charge in [0.1, 0.15) is 12.3 Å². The summed E-state index contributed by atoms with van der Waals surface area (Å²) >= 11 is 0. The summed E-state index contributed by atoms with van der Waals surface area (Å²) < 4.78 is 5.77. The number of amides is 1. The molecule has 31 heavy (non-hydrogen) atoms. The fraction of sp³-hybridized carbons (Fsp3) is 0.333.